The number of rotatable bonds is 8. The molecule has 5 aromatic rings. The number of nitrogens with one attached hydrogen (secondary N) is 4. The number of likely N-dealkylation sites (tertiary alicyclic amines) is 1. The van der Waals surface area contributed by atoms with E-state index in [1.54, 1.807) is 0 Å². The summed E-state index contributed by atoms with van der Waals surface area (Å²) in [6.07, 6.45) is 7.16. The Morgan fingerprint density at radius 3 is 2.06 bits per heavy atom. The van der Waals surface area contributed by atoms with E-state index < -0.39 is 12.1 Å². The SMILES string of the molecule is COC(=O)NC(C(=O)N1CCCC1c1ncc(-c2ccc3cc(-c4ccc(-c5cnc(C6CCCN6)[nH]5)cc4)ccc3c2)[nH]1)C(C)C.Cl.Cl.Cl. The zero-order chi connectivity index (χ0) is 32.5. The largest absolute Gasteiger partial charge is 0.453 e. The van der Waals surface area contributed by atoms with Gasteiger partial charge < -0.3 is 30.2 Å². The van der Waals surface area contributed by atoms with Gasteiger partial charge in [0.1, 0.15) is 17.7 Å². The summed E-state index contributed by atoms with van der Waals surface area (Å²) in [5.74, 6) is 1.57. The van der Waals surface area contributed by atoms with Crippen LogP contribution in [0.5, 0.6) is 0 Å². The fourth-order valence-electron chi connectivity index (χ4n) is 6.86. The van der Waals surface area contributed by atoms with Gasteiger partial charge in [0, 0.05) is 12.1 Å². The van der Waals surface area contributed by atoms with Crippen LogP contribution < -0.4 is 10.6 Å². The third-order valence-electron chi connectivity index (χ3n) is 9.50. The number of imidazole rings is 2. The van der Waals surface area contributed by atoms with Crippen LogP contribution in [0.1, 0.15) is 63.3 Å². The van der Waals surface area contributed by atoms with Gasteiger partial charge >= 0.3 is 6.09 Å². The van der Waals surface area contributed by atoms with Crippen LogP contribution in [0.15, 0.2) is 73.1 Å². The number of nitrogens with zero attached hydrogens (tertiary/aromatic N) is 3. The number of aromatic nitrogens is 4. The highest BCUT2D eigenvalue weighted by molar-refractivity contribution is 5.91. The minimum absolute atomic E-state index is 0. The van der Waals surface area contributed by atoms with E-state index in [-0.39, 0.29) is 55.1 Å². The Kier molecular flexibility index (Phi) is 13.0. The molecule has 3 unspecified atom stereocenters. The van der Waals surface area contributed by atoms with Crippen molar-refractivity contribution in [3.63, 3.8) is 0 Å². The summed E-state index contributed by atoms with van der Waals surface area (Å²) >= 11 is 0. The predicted molar refractivity (Wildman–Crippen MR) is 204 cm³/mol. The van der Waals surface area contributed by atoms with E-state index in [1.807, 2.05) is 31.1 Å². The normalized spacial score (nSPS) is 17.5. The molecular formula is C37H44Cl3N7O3. The molecule has 2 saturated heterocycles. The lowest BCUT2D eigenvalue weighted by atomic mass is 9.98. The molecule has 2 aliphatic heterocycles. The average molecular weight is 741 g/mol. The number of fused-ring (bicyclic) bond motifs is 1. The molecule has 2 fully saturated rings. The summed E-state index contributed by atoms with van der Waals surface area (Å²) in [6, 6.07) is 21.1. The molecular weight excluding hydrogens is 697 g/mol. The van der Waals surface area contributed by atoms with Gasteiger partial charge in [0.05, 0.1) is 43.0 Å². The second kappa shape index (κ2) is 16.7. The highest BCUT2D eigenvalue weighted by atomic mass is 35.5. The Hall–Kier alpha value is -4.09. The average Bonchev–Trinajstić information content (AvgIpc) is 3.93. The monoisotopic (exact) mass is 739 g/mol. The maximum Gasteiger partial charge on any atom is 0.407 e. The van der Waals surface area contributed by atoms with Crippen LogP contribution in [0.3, 0.4) is 0 Å². The fraction of sp³-hybridized carbons (Fsp3) is 0.351. The number of ether oxygens (including phenoxy) is 1. The van der Waals surface area contributed by atoms with Crippen LogP contribution in [0.25, 0.3) is 44.4 Å². The standard InChI is InChI=1S/C37H41N7O3.3ClH/c1-22(2)33(43-37(46)47-3)36(45)44-17-5-7-32(44)35-40-21-31(42-35)28-15-14-26-18-25(12-13-27(26)19-28)23-8-10-24(11-9-23)30-20-39-34(41-30)29-6-4-16-38-29;;;/h8-15,18-22,29,32-33,38H,4-7,16-17H2,1-3H3,(H,39,41)(H,40,42)(H,43,46);3*1H. The first-order valence-corrected chi connectivity index (χ1v) is 16.5. The van der Waals surface area contributed by atoms with Gasteiger partial charge in [0.2, 0.25) is 5.91 Å². The minimum Gasteiger partial charge on any atom is -0.453 e. The first-order valence-electron chi connectivity index (χ1n) is 16.5. The van der Waals surface area contributed by atoms with Crippen LogP contribution >= 0.6 is 37.2 Å². The van der Waals surface area contributed by atoms with Crippen molar-refractivity contribution < 1.29 is 14.3 Å². The molecule has 2 amide bonds. The molecule has 7 rings (SSSR count). The van der Waals surface area contributed by atoms with Gasteiger partial charge in [-0.3, -0.25) is 4.79 Å². The van der Waals surface area contributed by atoms with E-state index in [1.165, 1.54) is 13.5 Å². The van der Waals surface area contributed by atoms with Crippen molar-refractivity contribution in [2.45, 2.75) is 57.7 Å². The number of carbonyl (C=O) groups excluding carboxylic acids is 2. The third-order valence-corrected chi connectivity index (χ3v) is 9.50. The molecule has 266 valence electrons. The van der Waals surface area contributed by atoms with Crippen LogP contribution in [0.2, 0.25) is 0 Å². The Labute approximate surface area is 310 Å². The van der Waals surface area contributed by atoms with Crippen molar-refractivity contribution in [1.29, 1.82) is 0 Å². The molecule has 0 spiro atoms. The number of methoxy groups -OCH3 is 1. The molecule has 10 nitrogen and oxygen atoms in total. The number of hydrogen-bond donors (Lipinski definition) is 4. The van der Waals surface area contributed by atoms with Crippen LogP contribution in [-0.4, -0.2) is 63.1 Å². The first-order chi connectivity index (χ1) is 22.9. The highest BCUT2D eigenvalue weighted by Gasteiger charge is 2.37. The Morgan fingerprint density at radius 1 is 0.800 bits per heavy atom. The van der Waals surface area contributed by atoms with Gasteiger partial charge in [-0.25, -0.2) is 14.8 Å². The zero-order valence-electron chi connectivity index (χ0n) is 28.3. The lowest BCUT2D eigenvalue weighted by molar-refractivity contribution is -0.135. The van der Waals surface area contributed by atoms with Crippen LogP contribution in [-0.2, 0) is 9.53 Å². The topological polar surface area (TPSA) is 128 Å². The number of carbonyl (C=O) groups is 2. The quantitative estimate of drug-likeness (QED) is 0.128. The summed E-state index contributed by atoms with van der Waals surface area (Å²) < 4.78 is 4.76. The molecule has 3 atom stereocenters. The molecule has 13 heteroatoms. The van der Waals surface area contributed by atoms with Crippen molar-refractivity contribution in [1.82, 2.24) is 35.5 Å². The smallest absolute Gasteiger partial charge is 0.407 e. The number of H-pyrrole nitrogens is 2. The summed E-state index contributed by atoms with van der Waals surface area (Å²) in [5, 5.41) is 8.50. The van der Waals surface area contributed by atoms with E-state index in [9.17, 15) is 9.59 Å². The zero-order valence-corrected chi connectivity index (χ0v) is 30.7. The second-order valence-electron chi connectivity index (χ2n) is 12.9. The number of hydrogen-bond acceptors (Lipinski definition) is 6. The van der Waals surface area contributed by atoms with Crippen molar-refractivity contribution in [2.75, 3.05) is 20.2 Å². The summed E-state index contributed by atoms with van der Waals surface area (Å²) in [5.41, 5.74) is 6.41. The number of amides is 2. The number of alkyl carbamates (subject to hydrolysis) is 1. The van der Waals surface area contributed by atoms with E-state index in [2.05, 4.69) is 86.2 Å². The predicted octanol–water partition coefficient (Wildman–Crippen LogP) is 8.02. The second-order valence-corrected chi connectivity index (χ2v) is 12.9. The number of halogens is 3. The third kappa shape index (κ3) is 7.94. The van der Waals surface area contributed by atoms with Gasteiger partial charge in [-0.15, -0.1) is 37.2 Å². The van der Waals surface area contributed by atoms with Crippen molar-refractivity contribution >= 4 is 60.0 Å². The molecule has 2 aromatic heterocycles. The minimum atomic E-state index is -0.663. The van der Waals surface area contributed by atoms with Gasteiger partial charge in [0.15, 0.2) is 0 Å². The van der Waals surface area contributed by atoms with Crippen LogP contribution in [0, 0.1) is 5.92 Å². The van der Waals surface area contributed by atoms with E-state index in [4.69, 9.17) is 9.72 Å². The maximum absolute atomic E-state index is 13.5. The summed E-state index contributed by atoms with van der Waals surface area (Å²) in [4.78, 5) is 43.6. The molecule has 0 bridgehead atoms. The molecule has 0 saturated carbocycles. The maximum atomic E-state index is 13.5. The molecule has 3 aromatic carbocycles. The molecule has 4 N–H and O–H groups in total. The van der Waals surface area contributed by atoms with Crippen molar-refractivity contribution in [2.24, 2.45) is 5.92 Å². The molecule has 50 heavy (non-hydrogen) atoms. The first kappa shape index (κ1) is 38.7. The van der Waals surface area contributed by atoms with Crippen molar-refractivity contribution in [3.05, 3.63) is 84.7 Å². The highest BCUT2D eigenvalue weighted by Crippen LogP contribution is 2.34. The number of benzene rings is 3. The van der Waals surface area contributed by atoms with Crippen LogP contribution in [0.4, 0.5) is 4.79 Å². The van der Waals surface area contributed by atoms with E-state index in [0.717, 1.165) is 81.9 Å². The lowest BCUT2D eigenvalue weighted by Gasteiger charge is -2.30. The summed E-state index contributed by atoms with van der Waals surface area (Å²) in [6.45, 7) is 5.50. The summed E-state index contributed by atoms with van der Waals surface area (Å²) in [7, 11) is 1.30. The molecule has 0 aliphatic carbocycles. The van der Waals surface area contributed by atoms with Crippen molar-refractivity contribution in [3.8, 4) is 33.6 Å². The van der Waals surface area contributed by atoms with Gasteiger partial charge in [0.25, 0.3) is 0 Å². The van der Waals surface area contributed by atoms with Gasteiger partial charge in [-0.05, 0) is 77.7 Å². The Bertz CT molecular complexity index is 1900. The molecule has 4 heterocycles. The van der Waals surface area contributed by atoms with E-state index in [0.29, 0.717) is 12.6 Å². The molecule has 2 aliphatic rings. The van der Waals surface area contributed by atoms with Gasteiger partial charge in [-0.2, -0.15) is 0 Å². The van der Waals surface area contributed by atoms with Gasteiger partial charge in [-0.1, -0.05) is 62.4 Å². The van der Waals surface area contributed by atoms with E-state index >= 15 is 0 Å². The fourth-order valence-corrected chi connectivity index (χ4v) is 6.86. The lowest BCUT2D eigenvalue weighted by Crippen LogP contribution is -2.51. The Morgan fingerprint density at radius 2 is 1.40 bits per heavy atom. The Balaban J connectivity index is 0.00000187. The molecule has 0 radical (unpaired) electrons. The number of aromatic amines is 2.